The first kappa shape index (κ1) is 17.6. The van der Waals surface area contributed by atoms with E-state index in [0.717, 1.165) is 51.0 Å². The fraction of sp³-hybridized carbons (Fsp3) is 0.562. The molecule has 3 nitrogen and oxygen atoms in total. The smallest absolute Gasteiger partial charge is 0.251 e. The summed E-state index contributed by atoms with van der Waals surface area (Å²) in [7, 11) is 0. The Labute approximate surface area is 125 Å². The van der Waals surface area contributed by atoms with Gasteiger partial charge in [0.1, 0.15) is 0 Å². The maximum atomic E-state index is 13.0. The molecule has 5 heteroatoms. The third kappa shape index (κ3) is 6.21. The van der Waals surface area contributed by atoms with E-state index < -0.39 is 11.6 Å². The highest BCUT2D eigenvalue weighted by atomic mass is 19.2. The predicted molar refractivity (Wildman–Crippen MR) is 80.3 cm³/mol. The van der Waals surface area contributed by atoms with E-state index in [0.29, 0.717) is 6.54 Å². The summed E-state index contributed by atoms with van der Waals surface area (Å²) in [6.45, 7) is 8.03. The van der Waals surface area contributed by atoms with Crippen LogP contribution in [0.2, 0.25) is 0 Å². The first-order valence-corrected chi connectivity index (χ1v) is 7.54. The third-order valence-corrected chi connectivity index (χ3v) is 3.51. The molecule has 0 heterocycles. The van der Waals surface area contributed by atoms with Gasteiger partial charge >= 0.3 is 0 Å². The molecule has 21 heavy (non-hydrogen) atoms. The fourth-order valence-corrected chi connectivity index (χ4v) is 2.12. The van der Waals surface area contributed by atoms with Gasteiger partial charge in [0.05, 0.1) is 0 Å². The average molecular weight is 298 g/mol. The Morgan fingerprint density at radius 3 is 2.43 bits per heavy atom. The minimum absolute atomic E-state index is 0.150. The summed E-state index contributed by atoms with van der Waals surface area (Å²) in [5.74, 6) is -2.30. The lowest BCUT2D eigenvalue weighted by atomic mass is 10.2. The second-order valence-corrected chi connectivity index (χ2v) is 4.97. The van der Waals surface area contributed by atoms with E-state index in [1.54, 1.807) is 0 Å². The molecule has 0 unspecified atom stereocenters. The number of carbonyl (C=O) groups is 1. The number of benzene rings is 1. The Hall–Kier alpha value is -1.49. The summed E-state index contributed by atoms with van der Waals surface area (Å²) in [5, 5.41) is 2.72. The van der Waals surface area contributed by atoms with E-state index in [4.69, 9.17) is 0 Å². The van der Waals surface area contributed by atoms with Crippen molar-refractivity contribution < 1.29 is 13.6 Å². The molecule has 0 aliphatic carbocycles. The lowest BCUT2D eigenvalue weighted by Gasteiger charge is -2.17. The maximum absolute atomic E-state index is 13.0. The van der Waals surface area contributed by atoms with Crippen LogP contribution in [0, 0.1) is 11.6 Å². The van der Waals surface area contributed by atoms with Crippen LogP contribution in [-0.4, -0.2) is 37.0 Å². The number of hydrogen-bond donors (Lipinski definition) is 1. The van der Waals surface area contributed by atoms with Crippen LogP contribution in [0.1, 0.15) is 43.5 Å². The standard InChI is InChI=1S/C16H24F2N2O/c1-3-20(4-2)11-7-5-6-10-19-16(21)13-8-9-14(17)15(18)12-13/h8-9,12H,3-7,10-11H2,1-2H3,(H,19,21). The van der Waals surface area contributed by atoms with Gasteiger partial charge in [-0.25, -0.2) is 8.78 Å². The van der Waals surface area contributed by atoms with Crippen molar-refractivity contribution in [1.82, 2.24) is 10.2 Å². The minimum Gasteiger partial charge on any atom is -0.352 e. The van der Waals surface area contributed by atoms with Crippen LogP contribution in [-0.2, 0) is 0 Å². The summed E-state index contributed by atoms with van der Waals surface area (Å²) >= 11 is 0. The zero-order valence-corrected chi connectivity index (χ0v) is 12.8. The van der Waals surface area contributed by atoms with Crippen molar-refractivity contribution in [3.05, 3.63) is 35.4 Å². The number of amides is 1. The first-order valence-electron chi connectivity index (χ1n) is 7.54. The normalized spacial score (nSPS) is 10.9. The van der Waals surface area contributed by atoms with Crippen molar-refractivity contribution in [3.8, 4) is 0 Å². The van der Waals surface area contributed by atoms with Crippen molar-refractivity contribution in [2.24, 2.45) is 0 Å². The van der Waals surface area contributed by atoms with Crippen LogP contribution in [0.25, 0.3) is 0 Å². The average Bonchev–Trinajstić information content (AvgIpc) is 2.49. The Balaban J connectivity index is 2.20. The molecule has 0 saturated carbocycles. The van der Waals surface area contributed by atoms with E-state index in [1.165, 1.54) is 6.07 Å². The Kier molecular flexibility index (Phi) is 7.90. The minimum atomic E-state index is -0.998. The molecular formula is C16H24F2N2O. The summed E-state index contributed by atoms with van der Waals surface area (Å²) < 4.78 is 25.8. The molecular weight excluding hydrogens is 274 g/mol. The van der Waals surface area contributed by atoms with Crippen molar-refractivity contribution in [1.29, 1.82) is 0 Å². The van der Waals surface area contributed by atoms with Gasteiger partial charge in [-0.1, -0.05) is 20.3 Å². The van der Waals surface area contributed by atoms with Gasteiger partial charge in [-0.3, -0.25) is 4.79 Å². The SMILES string of the molecule is CCN(CC)CCCCCNC(=O)c1ccc(F)c(F)c1. The fourth-order valence-electron chi connectivity index (χ4n) is 2.12. The summed E-state index contributed by atoms with van der Waals surface area (Å²) in [5.41, 5.74) is 0.150. The summed E-state index contributed by atoms with van der Waals surface area (Å²) in [6, 6.07) is 3.17. The molecule has 0 atom stereocenters. The Morgan fingerprint density at radius 1 is 1.10 bits per heavy atom. The van der Waals surface area contributed by atoms with Gasteiger partial charge in [0.2, 0.25) is 0 Å². The van der Waals surface area contributed by atoms with Crippen LogP contribution in [0.3, 0.4) is 0 Å². The monoisotopic (exact) mass is 298 g/mol. The highest BCUT2D eigenvalue weighted by molar-refractivity contribution is 5.94. The Morgan fingerprint density at radius 2 is 1.81 bits per heavy atom. The molecule has 1 aromatic rings. The van der Waals surface area contributed by atoms with Crippen LogP contribution in [0.5, 0.6) is 0 Å². The summed E-state index contributed by atoms with van der Waals surface area (Å²) in [6.07, 6.45) is 3.02. The first-order chi connectivity index (χ1) is 10.1. The van der Waals surface area contributed by atoms with Crippen molar-refractivity contribution >= 4 is 5.91 Å². The number of nitrogens with one attached hydrogen (secondary N) is 1. The number of nitrogens with zero attached hydrogens (tertiary/aromatic N) is 1. The van der Waals surface area contributed by atoms with E-state index in [2.05, 4.69) is 24.1 Å². The van der Waals surface area contributed by atoms with Crippen molar-refractivity contribution in [2.45, 2.75) is 33.1 Å². The van der Waals surface area contributed by atoms with Crippen LogP contribution in [0.4, 0.5) is 8.78 Å². The van der Waals surface area contributed by atoms with Crippen LogP contribution in [0.15, 0.2) is 18.2 Å². The van der Waals surface area contributed by atoms with Gasteiger partial charge in [-0.05, 0) is 50.7 Å². The molecule has 0 aliphatic rings. The molecule has 0 spiro atoms. The van der Waals surface area contributed by atoms with Gasteiger partial charge < -0.3 is 10.2 Å². The highest BCUT2D eigenvalue weighted by Crippen LogP contribution is 2.08. The molecule has 1 rings (SSSR count). The number of halogens is 2. The Bertz CT molecular complexity index is 448. The number of hydrogen-bond acceptors (Lipinski definition) is 2. The van der Waals surface area contributed by atoms with E-state index in [-0.39, 0.29) is 11.5 Å². The molecule has 0 saturated heterocycles. The largest absolute Gasteiger partial charge is 0.352 e. The van der Waals surface area contributed by atoms with Gasteiger partial charge in [0.25, 0.3) is 5.91 Å². The van der Waals surface area contributed by atoms with Crippen molar-refractivity contribution in [3.63, 3.8) is 0 Å². The summed E-state index contributed by atoms with van der Waals surface area (Å²) in [4.78, 5) is 14.1. The lowest BCUT2D eigenvalue weighted by Crippen LogP contribution is -2.26. The maximum Gasteiger partial charge on any atom is 0.251 e. The molecule has 118 valence electrons. The number of unbranched alkanes of at least 4 members (excludes halogenated alkanes) is 2. The second-order valence-electron chi connectivity index (χ2n) is 4.97. The highest BCUT2D eigenvalue weighted by Gasteiger charge is 2.08. The number of rotatable bonds is 9. The molecule has 0 bridgehead atoms. The lowest BCUT2D eigenvalue weighted by molar-refractivity contribution is 0.0952. The molecule has 0 aliphatic heterocycles. The topological polar surface area (TPSA) is 32.3 Å². The molecule has 1 amide bonds. The van der Waals surface area contributed by atoms with Crippen LogP contribution < -0.4 is 5.32 Å². The van der Waals surface area contributed by atoms with Gasteiger partial charge in [-0.2, -0.15) is 0 Å². The molecule has 0 radical (unpaired) electrons. The molecule has 1 aromatic carbocycles. The van der Waals surface area contributed by atoms with Crippen LogP contribution >= 0.6 is 0 Å². The molecule has 0 fully saturated rings. The molecule has 1 N–H and O–H groups in total. The zero-order valence-electron chi connectivity index (χ0n) is 12.8. The van der Waals surface area contributed by atoms with Gasteiger partial charge in [-0.15, -0.1) is 0 Å². The predicted octanol–water partition coefficient (Wildman–Crippen LogP) is 3.21. The van der Waals surface area contributed by atoms with E-state index in [1.807, 2.05) is 0 Å². The number of carbonyl (C=O) groups excluding carboxylic acids is 1. The second kappa shape index (κ2) is 9.45. The third-order valence-electron chi connectivity index (χ3n) is 3.51. The van der Waals surface area contributed by atoms with Crippen molar-refractivity contribution in [2.75, 3.05) is 26.2 Å². The van der Waals surface area contributed by atoms with Gasteiger partial charge in [0, 0.05) is 12.1 Å². The van der Waals surface area contributed by atoms with E-state index >= 15 is 0 Å². The van der Waals surface area contributed by atoms with E-state index in [9.17, 15) is 13.6 Å². The quantitative estimate of drug-likeness (QED) is 0.710. The van der Waals surface area contributed by atoms with Gasteiger partial charge in [0.15, 0.2) is 11.6 Å². The zero-order chi connectivity index (χ0) is 15.7. The molecule has 0 aromatic heterocycles.